The molecule has 0 atom stereocenters. The Morgan fingerprint density at radius 2 is 1.38 bits per heavy atom. The third-order valence-electron chi connectivity index (χ3n) is 6.59. The number of anilines is 1. The summed E-state index contributed by atoms with van der Waals surface area (Å²) in [4.78, 5) is 13.9. The van der Waals surface area contributed by atoms with Crippen molar-refractivity contribution in [3.05, 3.63) is 138 Å². The van der Waals surface area contributed by atoms with Gasteiger partial charge in [0.05, 0.1) is 29.2 Å². The summed E-state index contributed by atoms with van der Waals surface area (Å²) in [6.07, 6.45) is 4.81. The molecule has 0 N–H and O–H groups in total. The van der Waals surface area contributed by atoms with Crippen LogP contribution in [0.25, 0.3) is 23.0 Å². The van der Waals surface area contributed by atoms with E-state index in [2.05, 4.69) is 6.92 Å². The van der Waals surface area contributed by atoms with Gasteiger partial charge in [-0.15, -0.1) is 0 Å². The molecule has 0 bridgehead atoms. The lowest BCUT2D eigenvalue weighted by atomic mass is 9.99. The molecule has 0 aliphatic carbocycles. The highest BCUT2D eigenvalue weighted by molar-refractivity contribution is 6.37. The van der Waals surface area contributed by atoms with Crippen molar-refractivity contribution in [3.63, 3.8) is 0 Å². The second kappa shape index (κ2) is 11.3. The van der Waals surface area contributed by atoms with Crippen molar-refractivity contribution < 1.29 is 9.53 Å². The van der Waals surface area contributed by atoms with Gasteiger partial charge in [0.1, 0.15) is 11.5 Å². The van der Waals surface area contributed by atoms with Gasteiger partial charge in [0, 0.05) is 22.9 Å². The zero-order valence-electron chi connectivity index (χ0n) is 22.1. The SMILES string of the molecule is CCCOc1ccc(-c2nn(-c3ccccc3)cc2C=C2C(=O)N(c3ccccc3)N=C2c2ccccc2)cc1. The molecule has 2 heterocycles. The van der Waals surface area contributed by atoms with Crippen LogP contribution in [0.4, 0.5) is 5.69 Å². The number of amides is 1. The van der Waals surface area contributed by atoms with Crippen LogP contribution in [-0.4, -0.2) is 28.0 Å². The Bertz CT molecular complexity index is 1670. The van der Waals surface area contributed by atoms with Crippen LogP contribution in [-0.2, 0) is 4.79 Å². The Morgan fingerprint density at radius 3 is 2.02 bits per heavy atom. The maximum absolute atomic E-state index is 13.9. The molecule has 1 aromatic heterocycles. The highest BCUT2D eigenvalue weighted by Crippen LogP contribution is 2.32. The summed E-state index contributed by atoms with van der Waals surface area (Å²) in [5.74, 6) is 0.628. The molecule has 0 fully saturated rings. The first-order valence-electron chi connectivity index (χ1n) is 13.3. The fourth-order valence-electron chi connectivity index (χ4n) is 4.61. The highest BCUT2D eigenvalue weighted by atomic mass is 16.5. The van der Waals surface area contributed by atoms with Crippen LogP contribution in [0.3, 0.4) is 0 Å². The van der Waals surface area contributed by atoms with Crippen LogP contribution in [0.1, 0.15) is 24.5 Å². The Hall–Kier alpha value is -5.23. The van der Waals surface area contributed by atoms with Gasteiger partial charge in [-0.1, -0.05) is 73.7 Å². The van der Waals surface area contributed by atoms with Gasteiger partial charge < -0.3 is 4.74 Å². The number of hydrazone groups is 1. The normalized spacial score (nSPS) is 14.0. The molecule has 0 saturated heterocycles. The third kappa shape index (κ3) is 5.07. The van der Waals surface area contributed by atoms with E-state index in [9.17, 15) is 4.79 Å². The van der Waals surface area contributed by atoms with E-state index in [1.807, 2.05) is 132 Å². The van der Waals surface area contributed by atoms with Gasteiger partial charge in [-0.25, -0.2) is 4.68 Å². The van der Waals surface area contributed by atoms with Crippen molar-refractivity contribution in [2.75, 3.05) is 11.6 Å². The van der Waals surface area contributed by atoms with E-state index in [1.165, 1.54) is 5.01 Å². The van der Waals surface area contributed by atoms with Gasteiger partial charge in [0.15, 0.2) is 0 Å². The molecule has 0 radical (unpaired) electrons. The van der Waals surface area contributed by atoms with Crippen LogP contribution in [0.2, 0.25) is 0 Å². The quantitative estimate of drug-likeness (QED) is 0.202. The van der Waals surface area contributed by atoms with Gasteiger partial charge in [-0.2, -0.15) is 15.2 Å². The molecule has 1 aliphatic rings. The molecular formula is C34H28N4O2. The minimum absolute atomic E-state index is 0.188. The number of hydrogen-bond acceptors (Lipinski definition) is 4. The molecular weight excluding hydrogens is 496 g/mol. The highest BCUT2D eigenvalue weighted by Gasteiger charge is 2.32. The average molecular weight is 525 g/mol. The summed E-state index contributed by atoms with van der Waals surface area (Å²) in [6, 6.07) is 37.1. The Kier molecular flexibility index (Phi) is 7.05. The largest absolute Gasteiger partial charge is 0.494 e. The number of rotatable bonds is 8. The van der Waals surface area contributed by atoms with Crippen LogP contribution in [0.15, 0.2) is 132 Å². The molecule has 1 amide bonds. The number of ether oxygens (including phenoxy) is 1. The number of carbonyl (C=O) groups is 1. The first-order valence-corrected chi connectivity index (χ1v) is 13.3. The summed E-state index contributed by atoms with van der Waals surface area (Å²) in [5.41, 5.74) is 6.14. The summed E-state index contributed by atoms with van der Waals surface area (Å²) in [7, 11) is 0. The van der Waals surface area contributed by atoms with Crippen molar-refractivity contribution in [3.8, 4) is 22.7 Å². The minimum Gasteiger partial charge on any atom is -0.494 e. The molecule has 6 heteroatoms. The molecule has 0 spiro atoms. The monoisotopic (exact) mass is 524 g/mol. The Balaban J connectivity index is 1.48. The van der Waals surface area contributed by atoms with Gasteiger partial charge in [-0.05, 0) is 61.0 Å². The number of benzene rings is 4. The van der Waals surface area contributed by atoms with E-state index < -0.39 is 0 Å². The zero-order chi connectivity index (χ0) is 27.3. The predicted molar refractivity (Wildman–Crippen MR) is 160 cm³/mol. The van der Waals surface area contributed by atoms with Crippen molar-refractivity contribution in [2.45, 2.75) is 13.3 Å². The number of para-hydroxylation sites is 2. The smallest absolute Gasteiger partial charge is 0.281 e. The number of carbonyl (C=O) groups excluding carboxylic acids is 1. The van der Waals surface area contributed by atoms with Crippen LogP contribution in [0.5, 0.6) is 5.75 Å². The molecule has 196 valence electrons. The lowest BCUT2D eigenvalue weighted by Crippen LogP contribution is -2.21. The van der Waals surface area contributed by atoms with E-state index in [1.54, 1.807) is 0 Å². The van der Waals surface area contributed by atoms with Crippen LogP contribution < -0.4 is 9.75 Å². The standard InChI is InChI=1S/C34H28N4O2/c1-2-22-40-30-20-18-26(19-21-30)32-27(24-37(35-32)28-14-8-4-9-15-28)23-31-33(25-12-6-3-7-13-25)36-38(34(31)39)29-16-10-5-11-17-29/h3-21,23-24H,2,22H2,1H3. The van der Waals surface area contributed by atoms with Crippen LogP contribution >= 0.6 is 0 Å². The second-order valence-corrected chi connectivity index (χ2v) is 9.41. The fourth-order valence-corrected chi connectivity index (χ4v) is 4.61. The van der Waals surface area contributed by atoms with Crippen LogP contribution in [0, 0.1) is 0 Å². The summed E-state index contributed by atoms with van der Waals surface area (Å²) < 4.78 is 7.63. The van der Waals surface area contributed by atoms with Gasteiger partial charge in [0.2, 0.25) is 0 Å². The van der Waals surface area contributed by atoms with E-state index in [0.29, 0.717) is 23.6 Å². The van der Waals surface area contributed by atoms with Crippen molar-refractivity contribution >= 4 is 23.4 Å². The molecule has 0 saturated carbocycles. The molecule has 0 unspecified atom stereocenters. The van der Waals surface area contributed by atoms with E-state index in [-0.39, 0.29) is 5.91 Å². The fraction of sp³-hybridized carbons (Fsp3) is 0.0882. The molecule has 40 heavy (non-hydrogen) atoms. The molecule has 5 aromatic rings. The zero-order valence-corrected chi connectivity index (χ0v) is 22.1. The number of aromatic nitrogens is 2. The predicted octanol–water partition coefficient (Wildman–Crippen LogP) is 7.16. The van der Waals surface area contributed by atoms with Gasteiger partial charge >= 0.3 is 0 Å². The molecule has 6 nitrogen and oxygen atoms in total. The van der Waals surface area contributed by atoms with Gasteiger partial charge in [-0.3, -0.25) is 4.79 Å². The second-order valence-electron chi connectivity index (χ2n) is 9.41. The lowest BCUT2D eigenvalue weighted by Gasteiger charge is -2.10. The van der Waals surface area contributed by atoms with E-state index in [0.717, 1.165) is 40.2 Å². The van der Waals surface area contributed by atoms with Crippen molar-refractivity contribution in [1.29, 1.82) is 0 Å². The van der Waals surface area contributed by atoms with E-state index in [4.69, 9.17) is 14.9 Å². The van der Waals surface area contributed by atoms with Gasteiger partial charge in [0.25, 0.3) is 5.91 Å². The topological polar surface area (TPSA) is 59.7 Å². The average Bonchev–Trinajstić information content (AvgIpc) is 3.59. The Labute approximate surface area is 233 Å². The third-order valence-corrected chi connectivity index (χ3v) is 6.59. The summed E-state index contributed by atoms with van der Waals surface area (Å²) in [5, 5.41) is 11.2. The van der Waals surface area contributed by atoms with Crippen molar-refractivity contribution in [1.82, 2.24) is 9.78 Å². The first-order chi connectivity index (χ1) is 19.7. The van der Waals surface area contributed by atoms with E-state index >= 15 is 0 Å². The lowest BCUT2D eigenvalue weighted by molar-refractivity contribution is -0.114. The summed E-state index contributed by atoms with van der Waals surface area (Å²) in [6.45, 7) is 2.75. The molecule has 1 aliphatic heterocycles. The maximum atomic E-state index is 13.9. The molecule has 4 aromatic carbocycles. The maximum Gasteiger partial charge on any atom is 0.281 e. The number of nitrogens with zero attached hydrogens (tertiary/aromatic N) is 4. The summed E-state index contributed by atoms with van der Waals surface area (Å²) >= 11 is 0. The minimum atomic E-state index is -0.188. The Morgan fingerprint density at radius 1 is 0.750 bits per heavy atom. The number of hydrogen-bond donors (Lipinski definition) is 0. The van der Waals surface area contributed by atoms with Crippen molar-refractivity contribution in [2.24, 2.45) is 5.10 Å². The molecule has 6 rings (SSSR count). The first kappa shape index (κ1) is 25.1.